The molecule has 0 aromatic heterocycles. The van der Waals surface area contributed by atoms with Crippen LogP contribution >= 0.6 is 0 Å². The molecule has 0 aliphatic carbocycles. The summed E-state index contributed by atoms with van der Waals surface area (Å²) in [5, 5.41) is 6.89. The van der Waals surface area contributed by atoms with Crippen LogP contribution in [-0.2, 0) is 0 Å². The quantitative estimate of drug-likeness (QED) is 0.594. The number of rotatable bonds is 7. The van der Waals surface area contributed by atoms with Gasteiger partial charge in [0.2, 0.25) is 0 Å². The third kappa shape index (κ3) is 6.16. The number of nitrogens with zero attached hydrogens (tertiary/aromatic N) is 2. The predicted molar refractivity (Wildman–Crippen MR) is 103 cm³/mol. The lowest BCUT2D eigenvalue weighted by Crippen LogP contribution is -2.39. The summed E-state index contributed by atoms with van der Waals surface area (Å²) < 4.78 is 0. The van der Waals surface area contributed by atoms with Crippen molar-refractivity contribution < 1.29 is 0 Å². The Morgan fingerprint density at radius 2 is 1.92 bits per heavy atom. The van der Waals surface area contributed by atoms with E-state index in [-0.39, 0.29) is 6.04 Å². The molecule has 1 atom stereocenters. The lowest BCUT2D eigenvalue weighted by atomic mass is 9.94. The number of piperidine rings is 1. The zero-order chi connectivity index (χ0) is 17.2. The normalized spacial score (nSPS) is 18.4. The molecule has 4 heteroatoms. The number of aliphatic imine (C=N–C) groups is 1. The third-order valence-electron chi connectivity index (χ3n) is 4.96. The van der Waals surface area contributed by atoms with E-state index in [1.165, 1.54) is 44.5 Å². The van der Waals surface area contributed by atoms with Crippen LogP contribution in [0.5, 0.6) is 0 Å². The number of guanidine groups is 1. The first-order valence-electron chi connectivity index (χ1n) is 9.55. The van der Waals surface area contributed by atoms with Crippen molar-refractivity contribution in [3.05, 3.63) is 35.9 Å². The van der Waals surface area contributed by atoms with Crippen molar-refractivity contribution in [3.8, 4) is 0 Å². The van der Waals surface area contributed by atoms with Crippen LogP contribution in [0.4, 0.5) is 0 Å². The van der Waals surface area contributed by atoms with E-state index in [2.05, 4.69) is 66.6 Å². The third-order valence-corrected chi connectivity index (χ3v) is 4.96. The fraction of sp³-hybridized carbons (Fsp3) is 0.650. The van der Waals surface area contributed by atoms with Crippen molar-refractivity contribution in [3.63, 3.8) is 0 Å². The first-order chi connectivity index (χ1) is 11.7. The van der Waals surface area contributed by atoms with Gasteiger partial charge in [-0.25, -0.2) is 0 Å². The second-order valence-corrected chi connectivity index (χ2v) is 6.70. The van der Waals surface area contributed by atoms with Crippen molar-refractivity contribution in [2.24, 2.45) is 10.9 Å². The molecule has 1 fully saturated rings. The van der Waals surface area contributed by atoms with Gasteiger partial charge in [0, 0.05) is 13.1 Å². The summed E-state index contributed by atoms with van der Waals surface area (Å²) in [6.07, 6.45) is 3.86. The fourth-order valence-electron chi connectivity index (χ4n) is 3.30. The smallest absolute Gasteiger partial charge is 0.191 e. The maximum atomic E-state index is 4.79. The van der Waals surface area contributed by atoms with E-state index in [4.69, 9.17) is 4.99 Å². The van der Waals surface area contributed by atoms with Crippen molar-refractivity contribution in [2.75, 3.05) is 32.7 Å². The van der Waals surface area contributed by atoms with Crippen LogP contribution in [0.3, 0.4) is 0 Å². The number of nitrogens with one attached hydrogen (secondary N) is 2. The summed E-state index contributed by atoms with van der Waals surface area (Å²) in [6.45, 7) is 12.1. The molecule has 1 aromatic rings. The van der Waals surface area contributed by atoms with Gasteiger partial charge < -0.3 is 15.5 Å². The van der Waals surface area contributed by atoms with Crippen molar-refractivity contribution in [1.29, 1.82) is 0 Å². The van der Waals surface area contributed by atoms with E-state index in [0.717, 1.165) is 25.0 Å². The van der Waals surface area contributed by atoms with Gasteiger partial charge in [-0.05, 0) is 64.2 Å². The maximum absolute atomic E-state index is 4.79. The number of hydrogen-bond donors (Lipinski definition) is 2. The molecule has 134 valence electrons. The molecule has 0 spiro atoms. The van der Waals surface area contributed by atoms with Crippen molar-refractivity contribution >= 4 is 5.96 Å². The van der Waals surface area contributed by atoms with Crippen molar-refractivity contribution in [2.45, 2.75) is 46.1 Å². The molecule has 1 aliphatic rings. The van der Waals surface area contributed by atoms with Gasteiger partial charge in [0.15, 0.2) is 5.96 Å². The minimum Gasteiger partial charge on any atom is -0.357 e. The maximum Gasteiger partial charge on any atom is 0.191 e. The number of likely N-dealkylation sites (tertiary alicyclic amines) is 1. The van der Waals surface area contributed by atoms with E-state index in [9.17, 15) is 0 Å². The second kappa shape index (κ2) is 10.3. The molecule has 1 heterocycles. The Morgan fingerprint density at radius 3 is 2.54 bits per heavy atom. The van der Waals surface area contributed by atoms with Gasteiger partial charge in [-0.3, -0.25) is 4.99 Å². The molecule has 0 bridgehead atoms. The second-order valence-electron chi connectivity index (χ2n) is 6.70. The molecule has 1 saturated heterocycles. The Bertz CT molecular complexity index is 478. The molecule has 0 saturated carbocycles. The van der Waals surface area contributed by atoms with E-state index in [1.807, 2.05) is 0 Å². The molecular formula is C20H34N4. The van der Waals surface area contributed by atoms with E-state index in [0.29, 0.717) is 0 Å². The van der Waals surface area contributed by atoms with Crippen LogP contribution in [0, 0.1) is 5.92 Å². The number of benzene rings is 1. The topological polar surface area (TPSA) is 39.7 Å². The summed E-state index contributed by atoms with van der Waals surface area (Å²) in [6, 6.07) is 10.8. The van der Waals surface area contributed by atoms with Crippen LogP contribution in [-0.4, -0.2) is 43.6 Å². The highest BCUT2D eigenvalue weighted by atomic mass is 15.2. The molecule has 1 aromatic carbocycles. The summed E-state index contributed by atoms with van der Waals surface area (Å²) in [4.78, 5) is 7.34. The first kappa shape index (κ1) is 18.8. The molecule has 1 unspecified atom stereocenters. The minimum atomic E-state index is 0.261. The standard InChI is InChI=1S/C20H34N4/c1-4-21-20(23-17(3)19-9-7-6-8-10-19)22-14-11-18-12-15-24(5-2)16-13-18/h6-10,17-18H,4-5,11-16H2,1-3H3,(H2,21,22,23). The number of hydrogen-bond acceptors (Lipinski definition) is 2. The average Bonchev–Trinajstić information content (AvgIpc) is 2.63. The highest BCUT2D eigenvalue weighted by molar-refractivity contribution is 5.80. The first-order valence-corrected chi connectivity index (χ1v) is 9.55. The highest BCUT2D eigenvalue weighted by Crippen LogP contribution is 2.20. The Hall–Kier alpha value is -1.55. The predicted octanol–water partition coefficient (Wildman–Crippen LogP) is 3.42. The van der Waals surface area contributed by atoms with Crippen LogP contribution in [0.25, 0.3) is 0 Å². The SMILES string of the molecule is CCNC(=NCCC1CCN(CC)CC1)NC(C)c1ccccc1. The van der Waals surface area contributed by atoms with Gasteiger partial charge in [-0.2, -0.15) is 0 Å². The molecule has 2 N–H and O–H groups in total. The van der Waals surface area contributed by atoms with Crippen LogP contribution in [0.2, 0.25) is 0 Å². The van der Waals surface area contributed by atoms with Crippen LogP contribution < -0.4 is 10.6 Å². The molecule has 4 nitrogen and oxygen atoms in total. The summed E-state index contributed by atoms with van der Waals surface area (Å²) in [5.41, 5.74) is 1.29. The largest absolute Gasteiger partial charge is 0.357 e. The van der Waals surface area contributed by atoms with Gasteiger partial charge in [0.1, 0.15) is 0 Å². The molecule has 24 heavy (non-hydrogen) atoms. The summed E-state index contributed by atoms with van der Waals surface area (Å²) >= 11 is 0. The van der Waals surface area contributed by atoms with Gasteiger partial charge in [0.25, 0.3) is 0 Å². The van der Waals surface area contributed by atoms with Crippen LogP contribution in [0.15, 0.2) is 35.3 Å². The van der Waals surface area contributed by atoms with Gasteiger partial charge in [-0.1, -0.05) is 37.3 Å². The monoisotopic (exact) mass is 330 g/mol. The zero-order valence-electron chi connectivity index (χ0n) is 15.6. The summed E-state index contributed by atoms with van der Waals surface area (Å²) in [7, 11) is 0. The molecular weight excluding hydrogens is 296 g/mol. The Labute approximate surface area is 147 Å². The average molecular weight is 331 g/mol. The van der Waals surface area contributed by atoms with E-state index in [1.54, 1.807) is 0 Å². The van der Waals surface area contributed by atoms with Gasteiger partial charge in [0.05, 0.1) is 6.04 Å². The van der Waals surface area contributed by atoms with E-state index >= 15 is 0 Å². The fourth-order valence-corrected chi connectivity index (χ4v) is 3.30. The highest BCUT2D eigenvalue weighted by Gasteiger charge is 2.17. The Morgan fingerprint density at radius 1 is 1.21 bits per heavy atom. The Balaban J connectivity index is 1.80. The molecule has 1 aliphatic heterocycles. The molecule has 0 radical (unpaired) electrons. The lowest BCUT2D eigenvalue weighted by Gasteiger charge is -2.30. The lowest BCUT2D eigenvalue weighted by molar-refractivity contribution is 0.188. The summed E-state index contributed by atoms with van der Waals surface area (Å²) in [5.74, 6) is 1.77. The minimum absolute atomic E-state index is 0.261. The molecule has 2 rings (SSSR count). The van der Waals surface area contributed by atoms with Gasteiger partial charge >= 0.3 is 0 Å². The van der Waals surface area contributed by atoms with Gasteiger partial charge in [-0.15, -0.1) is 0 Å². The zero-order valence-corrected chi connectivity index (χ0v) is 15.6. The van der Waals surface area contributed by atoms with E-state index < -0.39 is 0 Å². The van der Waals surface area contributed by atoms with Crippen LogP contribution in [0.1, 0.15) is 51.6 Å². The molecule has 0 amide bonds. The Kier molecular flexibility index (Phi) is 8.10. The van der Waals surface area contributed by atoms with Crippen molar-refractivity contribution in [1.82, 2.24) is 15.5 Å².